The van der Waals surface area contributed by atoms with Gasteiger partial charge in [-0.1, -0.05) is 18.2 Å². The van der Waals surface area contributed by atoms with E-state index in [0.717, 1.165) is 22.2 Å². The molecule has 1 aliphatic rings. The average molecular weight is 328 g/mol. The average Bonchev–Trinajstić information content (AvgIpc) is 3.02. The van der Waals surface area contributed by atoms with Gasteiger partial charge in [0.15, 0.2) is 11.8 Å². The van der Waals surface area contributed by atoms with Crippen LogP contribution in [0.4, 0.5) is 5.69 Å². The Kier molecular flexibility index (Phi) is 4.39. The van der Waals surface area contributed by atoms with Crippen LogP contribution in [0.5, 0.6) is 0 Å². The van der Waals surface area contributed by atoms with Crippen LogP contribution >= 0.6 is 0 Å². The number of H-pyrrole nitrogens is 1. The van der Waals surface area contributed by atoms with E-state index in [1.165, 1.54) is 0 Å². The highest BCUT2D eigenvalue weighted by atomic mass is 16.5. The number of likely N-dealkylation sites (N-methyl/N-ethyl adjacent to an activating group) is 1. The second-order valence-corrected chi connectivity index (χ2v) is 5.96. The summed E-state index contributed by atoms with van der Waals surface area (Å²) < 4.78 is 11.3. The number of fused-ring (bicyclic) bond motifs is 1. The number of para-hydroxylation sites is 1. The van der Waals surface area contributed by atoms with E-state index in [9.17, 15) is 5.11 Å². The summed E-state index contributed by atoms with van der Waals surface area (Å²) in [6.45, 7) is 4.68. The summed E-state index contributed by atoms with van der Waals surface area (Å²) in [6.07, 6.45) is 4.82. The van der Waals surface area contributed by atoms with Crippen molar-refractivity contribution in [2.75, 3.05) is 25.7 Å². The topological polar surface area (TPSA) is 57.7 Å². The number of hydrogen-bond acceptors (Lipinski definition) is 4. The van der Waals surface area contributed by atoms with Gasteiger partial charge in [0.05, 0.1) is 12.8 Å². The third kappa shape index (κ3) is 2.41. The van der Waals surface area contributed by atoms with E-state index in [1.54, 1.807) is 14.2 Å². The Morgan fingerprint density at radius 2 is 2.04 bits per heavy atom. The lowest BCUT2D eigenvalue weighted by atomic mass is 9.92. The van der Waals surface area contributed by atoms with Crippen LogP contribution in [0, 0.1) is 0 Å². The molecule has 2 aromatic rings. The first-order valence-corrected chi connectivity index (χ1v) is 8.09. The highest BCUT2D eigenvalue weighted by Crippen LogP contribution is 2.39. The maximum atomic E-state index is 11.0. The zero-order valence-electron chi connectivity index (χ0n) is 14.5. The number of rotatable bonds is 5. The normalized spacial score (nSPS) is 23.8. The van der Waals surface area contributed by atoms with Gasteiger partial charge in [0.1, 0.15) is 5.76 Å². The van der Waals surface area contributed by atoms with Gasteiger partial charge in [-0.3, -0.25) is 0 Å². The van der Waals surface area contributed by atoms with Crippen molar-refractivity contribution in [1.29, 1.82) is 0 Å². The molecule has 2 N–H and O–H groups in total. The number of anilines is 1. The molecule has 3 rings (SSSR count). The summed E-state index contributed by atoms with van der Waals surface area (Å²) in [4.78, 5) is 5.35. The number of methoxy groups -OCH3 is 2. The highest BCUT2D eigenvalue weighted by Gasteiger charge is 2.46. The molecule has 0 saturated heterocycles. The smallest absolute Gasteiger partial charge is 0.194 e. The Morgan fingerprint density at radius 1 is 1.29 bits per heavy atom. The van der Waals surface area contributed by atoms with Gasteiger partial charge in [0.2, 0.25) is 0 Å². The fourth-order valence-electron chi connectivity index (χ4n) is 3.52. The number of aromatic amines is 1. The van der Waals surface area contributed by atoms with Crippen molar-refractivity contribution in [3.8, 4) is 0 Å². The van der Waals surface area contributed by atoms with Crippen molar-refractivity contribution in [3.05, 3.63) is 53.9 Å². The van der Waals surface area contributed by atoms with Crippen molar-refractivity contribution < 1.29 is 14.6 Å². The predicted octanol–water partition coefficient (Wildman–Crippen LogP) is 3.19. The Labute approximate surface area is 142 Å². The van der Waals surface area contributed by atoms with Crippen LogP contribution in [0.25, 0.3) is 10.9 Å². The summed E-state index contributed by atoms with van der Waals surface area (Å²) in [5.41, 5.74) is 1.99. The molecule has 128 valence electrons. The maximum absolute atomic E-state index is 11.0. The number of nitrogens with zero attached hydrogens (tertiary/aromatic N) is 1. The van der Waals surface area contributed by atoms with Gasteiger partial charge < -0.3 is 24.5 Å². The lowest BCUT2D eigenvalue weighted by Crippen LogP contribution is -2.59. The second kappa shape index (κ2) is 6.34. The number of aliphatic hydroxyl groups excluding tert-OH is 1. The number of aromatic nitrogens is 1. The van der Waals surface area contributed by atoms with E-state index in [0.29, 0.717) is 12.3 Å². The van der Waals surface area contributed by atoms with E-state index >= 15 is 0 Å². The fourth-order valence-corrected chi connectivity index (χ4v) is 3.52. The van der Waals surface area contributed by atoms with Gasteiger partial charge >= 0.3 is 0 Å². The molecule has 0 radical (unpaired) electrons. The third-order valence-corrected chi connectivity index (χ3v) is 4.62. The Hall–Kier alpha value is -2.24. The number of benzene rings is 1. The molecule has 0 amide bonds. The number of nitrogens with one attached hydrogen (secondary N) is 1. The largest absolute Gasteiger partial charge is 0.498 e. The fraction of sp³-hybridized carbons (Fsp3) is 0.368. The Morgan fingerprint density at radius 3 is 2.71 bits per heavy atom. The molecule has 0 saturated carbocycles. The minimum absolute atomic E-state index is 0.496. The SMILES string of the molecule is CCN(c1c[nH]c2ccccc12)[C@]1(OC)C=C(C)C=C(OC)[C@H]1O. The lowest BCUT2D eigenvalue weighted by Gasteiger charge is -2.46. The number of aliphatic hydroxyl groups is 1. The molecule has 0 fully saturated rings. The van der Waals surface area contributed by atoms with E-state index in [-0.39, 0.29) is 0 Å². The summed E-state index contributed by atoms with van der Waals surface area (Å²) in [7, 11) is 3.18. The highest BCUT2D eigenvalue weighted by molar-refractivity contribution is 5.93. The summed E-state index contributed by atoms with van der Waals surface area (Å²) in [5.74, 6) is 0.496. The monoisotopic (exact) mass is 328 g/mol. The van der Waals surface area contributed by atoms with Crippen molar-refractivity contribution >= 4 is 16.6 Å². The quantitative estimate of drug-likeness (QED) is 0.828. The van der Waals surface area contributed by atoms with Crippen molar-refractivity contribution in [3.63, 3.8) is 0 Å². The first kappa shape index (κ1) is 16.6. The molecule has 24 heavy (non-hydrogen) atoms. The predicted molar refractivity (Wildman–Crippen MR) is 95.9 cm³/mol. The van der Waals surface area contributed by atoms with Gasteiger partial charge in [0.25, 0.3) is 0 Å². The van der Waals surface area contributed by atoms with E-state index in [4.69, 9.17) is 9.47 Å². The van der Waals surface area contributed by atoms with Crippen molar-refractivity contribution in [1.82, 2.24) is 4.98 Å². The third-order valence-electron chi connectivity index (χ3n) is 4.62. The molecular weight excluding hydrogens is 304 g/mol. The molecular formula is C19H24N2O3. The maximum Gasteiger partial charge on any atom is 0.194 e. The molecule has 0 aliphatic heterocycles. The summed E-state index contributed by atoms with van der Waals surface area (Å²) >= 11 is 0. The zero-order valence-corrected chi connectivity index (χ0v) is 14.5. The molecule has 0 bridgehead atoms. The van der Waals surface area contributed by atoms with Crippen molar-refractivity contribution in [2.24, 2.45) is 0 Å². The van der Waals surface area contributed by atoms with Crippen LogP contribution in [-0.2, 0) is 9.47 Å². The molecule has 0 unspecified atom stereocenters. The van der Waals surface area contributed by atoms with Gasteiger partial charge in [-0.25, -0.2) is 0 Å². The first-order valence-electron chi connectivity index (χ1n) is 8.09. The van der Waals surface area contributed by atoms with Crippen LogP contribution in [0.2, 0.25) is 0 Å². The molecule has 2 atom stereocenters. The molecule has 1 aromatic heterocycles. The second-order valence-electron chi connectivity index (χ2n) is 5.96. The Bertz CT molecular complexity index is 793. The van der Waals surface area contributed by atoms with Crippen LogP contribution < -0.4 is 4.90 Å². The van der Waals surface area contributed by atoms with Gasteiger partial charge in [-0.2, -0.15) is 0 Å². The van der Waals surface area contributed by atoms with Gasteiger partial charge in [-0.05, 0) is 37.6 Å². The zero-order chi connectivity index (χ0) is 17.3. The lowest BCUT2D eigenvalue weighted by molar-refractivity contribution is -0.0732. The molecule has 1 heterocycles. The van der Waals surface area contributed by atoms with Crippen molar-refractivity contribution in [2.45, 2.75) is 25.7 Å². The standard InChI is InChI=1S/C19H24N2O3/c1-5-21(16-12-20-15-9-7-6-8-14(15)16)19(24-4)11-13(2)10-17(23-3)18(19)22/h6-12,18,20,22H,5H2,1-4H3/t18-,19+/m1/s1. The number of allylic oxidation sites excluding steroid dienone is 2. The molecule has 5 nitrogen and oxygen atoms in total. The first-order chi connectivity index (χ1) is 11.6. The van der Waals surface area contributed by atoms with E-state index < -0.39 is 11.8 Å². The molecule has 1 aromatic carbocycles. The van der Waals surface area contributed by atoms with Crippen LogP contribution in [0.1, 0.15) is 13.8 Å². The number of ether oxygens (including phenoxy) is 2. The van der Waals surface area contributed by atoms with Gasteiger partial charge in [-0.15, -0.1) is 0 Å². The minimum Gasteiger partial charge on any atom is -0.498 e. The van der Waals surface area contributed by atoms with Crippen LogP contribution in [-0.4, -0.2) is 42.7 Å². The van der Waals surface area contributed by atoms with Gasteiger partial charge in [0, 0.05) is 30.8 Å². The van der Waals surface area contributed by atoms with Crippen LogP contribution in [0.15, 0.2) is 53.9 Å². The molecule has 5 heteroatoms. The molecule has 0 spiro atoms. The number of hydrogen-bond donors (Lipinski definition) is 2. The van der Waals surface area contributed by atoms with E-state index in [1.807, 2.05) is 50.4 Å². The van der Waals surface area contributed by atoms with Crippen LogP contribution in [0.3, 0.4) is 0 Å². The molecule has 1 aliphatic carbocycles. The minimum atomic E-state index is -1.02. The summed E-state index contributed by atoms with van der Waals surface area (Å²) in [6, 6.07) is 8.10. The summed E-state index contributed by atoms with van der Waals surface area (Å²) in [5, 5.41) is 12.0. The van der Waals surface area contributed by atoms with E-state index in [2.05, 4.69) is 16.0 Å². The Balaban J connectivity index is 2.16.